The number of rotatable bonds is 5. The lowest BCUT2D eigenvalue weighted by molar-refractivity contribution is -0.136. The lowest BCUT2D eigenvalue weighted by atomic mass is 9.99. The number of halogens is 5. The van der Waals surface area contributed by atoms with Crippen molar-refractivity contribution >= 4 is 38.4 Å². The summed E-state index contributed by atoms with van der Waals surface area (Å²) in [5.41, 5.74) is 7.18. The summed E-state index contributed by atoms with van der Waals surface area (Å²) < 4.78 is 41.3. The highest BCUT2D eigenvalue weighted by Gasteiger charge is 2.34. The number of nitrogens with two attached hydrogens (primary N) is 1. The molecule has 3 N–H and O–H groups in total. The average molecular weight is 446 g/mol. The van der Waals surface area contributed by atoms with E-state index in [2.05, 4.69) is 20.9 Å². The predicted octanol–water partition coefficient (Wildman–Crippen LogP) is 6.55. The molecule has 0 atom stereocenters. The summed E-state index contributed by atoms with van der Waals surface area (Å²) in [6.45, 7) is 0.539. The first-order chi connectivity index (χ1) is 12.3. The second kappa shape index (κ2) is 7.62. The van der Waals surface area contributed by atoms with Crippen LogP contribution in [0, 0.1) is 0 Å². The van der Waals surface area contributed by atoms with E-state index < -0.39 is 11.7 Å². The topological polar surface area (TPSA) is 41.8 Å². The van der Waals surface area contributed by atoms with Crippen molar-refractivity contribution in [3.63, 3.8) is 0 Å². The SMILES string of the molecule is NCCCCc1c(-c2ccc(Br)cc2)[nH]c2c(C(F)(F)F)ccc(Cl)c12. The number of aryl methyl sites for hydroxylation is 1. The fraction of sp³-hybridized carbons (Fsp3) is 0.263. The average Bonchev–Trinajstić information content (AvgIpc) is 2.95. The van der Waals surface area contributed by atoms with E-state index in [0.717, 1.165) is 34.5 Å². The fourth-order valence-electron chi connectivity index (χ4n) is 3.12. The molecule has 0 saturated heterocycles. The summed E-state index contributed by atoms with van der Waals surface area (Å²) in [6.07, 6.45) is -2.29. The van der Waals surface area contributed by atoms with Gasteiger partial charge in [-0.25, -0.2) is 0 Å². The van der Waals surface area contributed by atoms with Crippen LogP contribution in [-0.4, -0.2) is 11.5 Å². The Labute approximate surface area is 162 Å². The molecule has 0 unspecified atom stereocenters. The molecule has 0 amide bonds. The van der Waals surface area contributed by atoms with E-state index in [1.807, 2.05) is 24.3 Å². The van der Waals surface area contributed by atoms with E-state index in [-0.39, 0.29) is 5.52 Å². The molecule has 3 rings (SSSR count). The van der Waals surface area contributed by atoms with Gasteiger partial charge in [0.1, 0.15) is 0 Å². The number of aromatic nitrogens is 1. The van der Waals surface area contributed by atoms with Crippen LogP contribution in [0.4, 0.5) is 13.2 Å². The van der Waals surface area contributed by atoms with Crippen LogP contribution >= 0.6 is 27.5 Å². The molecule has 0 spiro atoms. The van der Waals surface area contributed by atoms with Gasteiger partial charge in [-0.3, -0.25) is 0 Å². The van der Waals surface area contributed by atoms with Crippen LogP contribution in [0.5, 0.6) is 0 Å². The molecule has 0 radical (unpaired) electrons. The summed E-state index contributed by atoms with van der Waals surface area (Å²) in [5, 5.41) is 0.756. The maximum Gasteiger partial charge on any atom is 0.418 e. The van der Waals surface area contributed by atoms with Gasteiger partial charge in [-0.1, -0.05) is 39.7 Å². The number of hydrogen-bond donors (Lipinski definition) is 2. The number of alkyl halides is 3. The highest BCUT2D eigenvalue weighted by molar-refractivity contribution is 9.10. The number of H-pyrrole nitrogens is 1. The highest BCUT2D eigenvalue weighted by atomic mass is 79.9. The zero-order valence-electron chi connectivity index (χ0n) is 13.8. The Morgan fingerprint density at radius 3 is 2.35 bits per heavy atom. The molecule has 3 aromatic rings. The predicted molar refractivity (Wildman–Crippen MR) is 103 cm³/mol. The number of hydrogen-bond acceptors (Lipinski definition) is 1. The zero-order valence-corrected chi connectivity index (χ0v) is 16.1. The minimum absolute atomic E-state index is 0.0330. The summed E-state index contributed by atoms with van der Waals surface area (Å²) in [6, 6.07) is 9.78. The molecule has 2 aromatic carbocycles. The Kier molecular flexibility index (Phi) is 5.65. The molecule has 1 aromatic heterocycles. The Morgan fingerprint density at radius 2 is 1.73 bits per heavy atom. The van der Waals surface area contributed by atoms with Crippen LogP contribution in [0.1, 0.15) is 24.0 Å². The number of benzene rings is 2. The lowest BCUT2D eigenvalue weighted by Gasteiger charge is -2.09. The third-order valence-electron chi connectivity index (χ3n) is 4.33. The van der Waals surface area contributed by atoms with Crippen LogP contribution in [-0.2, 0) is 12.6 Å². The van der Waals surface area contributed by atoms with E-state index in [1.54, 1.807) is 0 Å². The quantitative estimate of drug-likeness (QED) is 0.430. The summed E-state index contributed by atoms with van der Waals surface area (Å²) in [7, 11) is 0. The Bertz CT molecular complexity index is 917. The molecule has 0 bridgehead atoms. The van der Waals surface area contributed by atoms with Crippen molar-refractivity contribution in [1.29, 1.82) is 0 Å². The third kappa shape index (κ3) is 3.77. The number of nitrogens with one attached hydrogen (secondary N) is 1. The van der Waals surface area contributed by atoms with Crippen molar-refractivity contribution in [2.75, 3.05) is 6.54 Å². The fourth-order valence-corrected chi connectivity index (χ4v) is 3.66. The smallest absolute Gasteiger partial charge is 0.354 e. The van der Waals surface area contributed by atoms with Gasteiger partial charge in [0.25, 0.3) is 0 Å². The highest BCUT2D eigenvalue weighted by Crippen LogP contribution is 2.42. The van der Waals surface area contributed by atoms with Crippen LogP contribution in [0.15, 0.2) is 40.9 Å². The standard InChI is InChI=1S/C19H17BrClF3N2/c20-12-6-4-11(5-7-12)17-13(3-1-2-10-25)16-15(21)9-8-14(18(16)26-17)19(22,23)24/h4-9,26H,1-3,10,25H2. The zero-order chi connectivity index (χ0) is 18.9. The summed E-state index contributed by atoms with van der Waals surface area (Å²) in [4.78, 5) is 2.99. The second-order valence-corrected chi connectivity index (χ2v) is 7.40. The minimum atomic E-state index is -4.46. The molecule has 7 heteroatoms. The Hall–Kier alpha value is -1.50. The van der Waals surface area contributed by atoms with Gasteiger partial charge in [-0.05, 0) is 61.2 Å². The molecule has 0 aliphatic rings. The van der Waals surface area contributed by atoms with Crippen molar-refractivity contribution in [3.05, 3.63) is 57.0 Å². The maximum absolute atomic E-state index is 13.5. The summed E-state index contributed by atoms with van der Waals surface area (Å²) in [5.74, 6) is 0. The van der Waals surface area contributed by atoms with Crippen molar-refractivity contribution in [2.24, 2.45) is 5.73 Å². The third-order valence-corrected chi connectivity index (χ3v) is 5.17. The van der Waals surface area contributed by atoms with Crippen LogP contribution < -0.4 is 5.73 Å². The van der Waals surface area contributed by atoms with Gasteiger partial charge in [0.05, 0.1) is 16.1 Å². The second-order valence-electron chi connectivity index (χ2n) is 6.07. The molecule has 0 aliphatic carbocycles. The van der Waals surface area contributed by atoms with Crippen molar-refractivity contribution in [2.45, 2.75) is 25.4 Å². The van der Waals surface area contributed by atoms with Gasteiger partial charge in [0.15, 0.2) is 0 Å². The Balaban J connectivity index is 2.26. The van der Waals surface area contributed by atoms with E-state index in [0.29, 0.717) is 29.1 Å². The van der Waals surface area contributed by atoms with Crippen molar-refractivity contribution in [1.82, 2.24) is 4.98 Å². The first-order valence-electron chi connectivity index (χ1n) is 8.19. The number of unbranched alkanes of at least 4 members (excludes halogenated alkanes) is 1. The van der Waals surface area contributed by atoms with E-state index in [1.165, 1.54) is 6.07 Å². The van der Waals surface area contributed by atoms with Gasteiger partial charge >= 0.3 is 6.18 Å². The largest absolute Gasteiger partial charge is 0.418 e. The van der Waals surface area contributed by atoms with E-state index in [9.17, 15) is 13.2 Å². The maximum atomic E-state index is 13.5. The first kappa shape index (κ1) is 19.3. The Morgan fingerprint density at radius 1 is 1.04 bits per heavy atom. The van der Waals surface area contributed by atoms with Gasteiger partial charge in [0.2, 0.25) is 0 Å². The van der Waals surface area contributed by atoms with Gasteiger partial charge in [0, 0.05) is 15.6 Å². The van der Waals surface area contributed by atoms with Gasteiger partial charge < -0.3 is 10.7 Å². The lowest BCUT2D eigenvalue weighted by Crippen LogP contribution is -2.05. The molecule has 2 nitrogen and oxygen atoms in total. The monoisotopic (exact) mass is 444 g/mol. The molecule has 26 heavy (non-hydrogen) atoms. The van der Waals surface area contributed by atoms with Gasteiger partial charge in [-0.2, -0.15) is 13.2 Å². The number of fused-ring (bicyclic) bond motifs is 1. The molecule has 0 saturated carbocycles. The van der Waals surface area contributed by atoms with Crippen molar-refractivity contribution < 1.29 is 13.2 Å². The molecule has 1 heterocycles. The normalized spacial score (nSPS) is 12.1. The van der Waals surface area contributed by atoms with E-state index >= 15 is 0 Å². The van der Waals surface area contributed by atoms with E-state index in [4.69, 9.17) is 17.3 Å². The molecular weight excluding hydrogens is 429 g/mol. The summed E-state index contributed by atoms with van der Waals surface area (Å²) >= 11 is 9.68. The van der Waals surface area contributed by atoms with Crippen LogP contribution in [0.3, 0.4) is 0 Å². The minimum Gasteiger partial charge on any atom is -0.354 e. The van der Waals surface area contributed by atoms with Crippen LogP contribution in [0.25, 0.3) is 22.2 Å². The van der Waals surface area contributed by atoms with Gasteiger partial charge in [-0.15, -0.1) is 0 Å². The first-order valence-corrected chi connectivity index (χ1v) is 9.36. The number of aromatic amines is 1. The van der Waals surface area contributed by atoms with Crippen LogP contribution in [0.2, 0.25) is 5.02 Å². The molecule has 0 aliphatic heterocycles. The van der Waals surface area contributed by atoms with Crippen molar-refractivity contribution in [3.8, 4) is 11.3 Å². The molecule has 0 fully saturated rings. The molecular formula is C19H17BrClF3N2. The molecule has 138 valence electrons.